The first-order valence-corrected chi connectivity index (χ1v) is 5.89. The molecule has 0 aromatic heterocycles. The molecule has 1 aliphatic rings. The molecule has 0 fully saturated rings. The van der Waals surface area contributed by atoms with Crippen molar-refractivity contribution in [3.05, 3.63) is 29.3 Å². The Morgan fingerprint density at radius 1 is 1.57 bits per heavy atom. The number of benzene rings is 1. The van der Waals surface area contributed by atoms with Gasteiger partial charge in [-0.1, -0.05) is 12.1 Å². The standard InChI is InChI=1S/C12H14OS/c1-8-4-3-5-11-12(8)10(7-14-11)6-9(2)13/h3-5,10H,6-7H2,1-2H3. The lowest BCUT2D eigenvalue weighted by molar-refractivity contribution is -0.117. The van der Waals surface area contributed by atoms with E-state index in [1.807, 2.05) is 11.8 Å². The fraction of sp³-hybridized carbons (Fsp3) is 0.417. The summed E-state index contributed by atoms with van der Waals surface area (Å²) in [5.74, 6) is 1.82. The zero-order valence-electron chi connectivity index (χ0n) is 8.54. The Kier molecular flexibility index (Phi) is 2.64. The number of ketones is 1. The Hall–Kier alpha value is -0.760. The van der Waals surface area contributed by atoms with Crippen molar-refractivity contribution < 1.29 is 4.79 Å². The topological polar surface area (TPSA) is 17.1 Å². The lowest BCUT2D eigenvalue weighted by Gasteiger charge is -2.10. The fourth-order valence-corrected chi connectivity index (χ4v) is 3.41. The van der Waals surface area contributed by atoms with Crippen LogP contribution in [0.4, 0.5) is 0 Å². The maximum Gasteiger partial charge on any atom is 0.130 e. The summed E-state index contributed by atoms with van der Waals surface area (Å²) in [6.07, 6.45) is 0.699. The molecule has 0 spiro atoms. The molecule has 0 saturated heterocycles. The third-order valence-electron chi connectivity index (χ3n) is 2.67. The van der Waals surface area contributed by atoms with Crippen molar-refractivity contribution in [3.8, 4) is 0 Å². The van der Waals surface area contributed by atoms with E-state index >= 15 is 0 Å². The summed E-state index contributed by atoms with van der Waals surface area (Å²) in [6.45, 7) is 3.82. The van der Waals surface area contributed by atoms with Crippen LogP contribution < -0.4 is 0 Å². The van der Waals surface area contributed by atoms with Crippen LogP contribution in [0.25, 0.3) is 0 Å². The molecule has 2 rings (SSSR count). The quantitative estimate of drug-likeness (QED) is 0.739. The molecule has 1 aromatic rings. The number of fused-ring (bicyclic) bond motifs is 1. The highest BCUT2D eigenvalue weighted by atomic mass is 32.2. The first kappa shape index (κ1) is 9.78. The van der Waals surface area contributed by atoms with E-state index in [1.54, 1.807) is 6.92 Å². The lowest BCUT2D eigenvalue weighted by Crippen LogP contribution is -2.04. The maximum absolute atomic E-state index is 11.1. The van der Waals surface area contributed by atoms with Crippen molar-refractivity contribution in [2.75, 3.05) is 5.75 Å². The first-order chi connectivity index (χ1) is 6.68. The highest BCUT2D eigenvalue weighted by Gasteiger charge is 2.25. The van der Waals surface area contributed by atoms with Crippen molar-refractivity contribution in [1.29, 1.82) is 0 Å². The Labute approximate surface area is 88.9 Å². The third-order valence-corrected chi connectivity index (χ3v) is 3.90. The van der Waals surface area contributed by atoms with E-state index in [1.165, 1.54) is 16.0 Å². The predicted molar refractivity (Wildman–Crippen MR) is 59.9 cm³/mol. The summed E-state index contributed by atoms with van der Waals surface area (Å²) >= 11 is 1.88. The molecule has 1 unspecified atom stereocenters. The largest absolute Gasteiger partial charge is 0.300 e. The molecular formula is C12H14OS. The molecule has 0 aliphatic carbocycles. The molecule has 0 saturated carbocycles. The van der Waals surface area contributed by atoms with Crippen molar-refractivity contribution in [3.63, 3.8) is 0 Å². The zero-order valence-corrected chi connectivity index (χ0v) is 9.36. The van der Waals surface area contributed by atoms with Gasteiger partial charge in [-0.05, 0) is 31.0 Å². The first-order valence-electron chi connectivity index (χ1n) is 4.90. The Bertz CT molecular complexity index is 371. The summed E-state index contributed by atoms with van der Waals surface area (Å²) in [4.78, 5) is 12.5. The van der Waals surface area contributed by atoms with Gasteiger partial charge in [-0.2, -0.15) is 0 Å². The molecule has 1 atom stereocenters. The van der Waals surface area contributed by atoms with Crippen LogP contribution in [0.15, 0.2) is 23.1 Å². The minimum absolute atomic E-state index is 0.298. The van der Waals surface area contributed by atoms with Crippen LogP contribution in [0.5, 0.6) is 0 Å². The van der Waals surface area contributed by atoms with Gasteiger partial charge in [0.2, 0.25) is 0 Å². The number of Topliss-reactive ketones (excluding diaryl/α,β-unsaturated/α-hetero) is 1. The van der Waals surface area contributed by atoms with Gasteiger partial charge in [-0.3, -0.25) is 0 Å². The number of hydrogen-bond acceptors (Lipinski definition) is 2. The minimum Gasteiger partial charge on any atom is -0.300 e. The molecule has 2 heteroatoms. The van der Waals surface area contributed by atoms with E-state index in [0.717, 1.165) is 5.75 Å². The van der Waals surface area contributed by atoms with Crippen LogP contribution in [-0.4, -0.2) is 11.5 Å². The van der Waals surface area contributed by atoms with E-state index < -0.39 is 0 Å². The molecule has 0 amide bonds. The average Bonchev–Trinajstić information content (AvgIpc) is 2.49. The minimum atomic E-state index is 0.298. The second-order valence-electron chi connectivity index (χ2n) is 3.90. The number of thioether (sulfide) groups is 1. The molecule has 1 heterocycles. The van der Waals surface area contributed by atoms with Gasteiger partial charge in [0.05, 0.1) is 0 Å². The normalized spacial score (nSPS) is 19.4. The molecule has 0 radical (unpaired) electrons. The van der Waals surface area contributed by atoms with Gasteiger partial charge in [0.15, 0.2) is 0 Å². The number of rotatable bonds is 2. The van der Waals surface area contributed by atoms with Crippen LogP contribution in [0.1, 0.15) is 30.4 Å². The van der Waals surface area contributed by atoms with Crippen molar-refractivity contribution in [2.45, 2.75) is 31.1 Å². The lowest BCUT2D eigenvalue weighted by atomic mass is 9.93. The highest BCUT2D eigenvalue weighted by molar-refractivity contribution is 7.99. The van der Waals surface area contributed by atoms with Gasteiger partial charge < -0.3 is 4.79 Å². The molecule has 14 heavy (non-hydrogen) atoms. The second-order valence-corrected chi connectivity index (χ2v) is 4.96. The number of carbonyl (C=O) groups is 1. The Morgan fingerprint density at radius 3 is 3.07 bits per heavy atom. The highest BCUT2D eigenvalue weighted by Crippen LogP contribution is 2.42. The monoisotopic (exact) mass is 206 g/mol. The number of carbonyl (C=O) groups excluding carboxylic acids is 1. The van der Waals surface area contributed by atoms with E-state index in [2.05, 4.69) is 25.1 Å². The summed E-state index contributed by atoms with van der Waals surface area (Å²) in [5, 5.41) is 0. The molecule has 0 N–H and O–H groups in total. The van der Waals surface area contributed by atoms with Crippen molar-refractivity contribution in [2.24, 2.45) is 0 Å². The predicted octanol–water partition coefficient (Wildman–Crippen LogP) is 3.16. The molecule has 74 valence electrons. The van der Waals surface area contributed by atoms with Gasteiger partial charge in [-0.25, -0.2) is 0 Å². The molecule has 1 nitrogen and oxygen atoms in total. The molecule has 1 aliphatic heterocycles. The van der Waals surface area contributed by atoms with Crippen molar-refractivity contribution >= 4 is 17.5 Å². The summed E-state index contributed by atoms with van der Waals surface area (Å²) in [6, 6.07) is 6.39. The van der Waals surface area contributed by atoms with E-state index in [4.69, 9.17) is 0 Å². The van der Waals surface area contributed by atoms with E-state index in [-0.39, 0.29) is 0 Å². The Balaban J connectivity index is 2.33. The zero-order chi connectivity index (χ0) is 10.1. The van der Waals surface area contributed by atoms with Crippen LogP contribution in [0.3, 0.4) is 0 Å². The maximum atomic E-state index is 11.1. The summed E-state index contributed by atoms with van der Waals surface area (Å²) < 4.78 is 0. The van der Waals surface area contributed by atoms with Gasteiger partial charge >= 0.3 is 0 Å². The summed E-state index contributed by atoms with van der Waals surface area (Å²) in [7, 11) is 0. The average molecular weight is 206 g/mol. The summed E-state index contributed by atoms with van der Waals surface area (Å²) in [5.41, 5.74) is 2.74. The van der Waals surface area contributed by atoms with Crippen LogP contribution in [0, 0.1) is 6.92 Å². The van der Waals surface area contributed by atoms with Crippen LogP contribution >= 0.6 is 11.8 Å². The Morgan fingerprint density at radius 2 is 2.36 bits per heavy atom. The van der Waals surface area contributed by atoms with E-state index in [0.29, 0.717) is 18.1 Å². The number of hydrogen-bond donors (Lipinski definition) is 0. The SMILES string of the molecule is CC(=O)CC1CSc2cccc(C)c21. The van der Waals surface area contributed by atoms with Gasteiger partial charge in [0, 0.05) is 23.0 Å². The second kappa shape index (κ2) is 3.77. The van der Waals surface area contributed by atoms with Gasteiger partial charge in [0.25, 0.3) is 0 Å². The van der Waals surface area contributed by atoms with Crippen LogP contribution in [-0.2, 0) is 4.79 Å². The van der Waals surface area contributed by atoms with Crippen molar-refractivity contribution in [1.82, 2.24) is 0 Å². The number of aryl methyl sites for hydroxylation is 1. The molecule has 0 bridgehead atoms. The molecular weight excluding hydrogens is 192 g/mol. The smallest absolute Gasteiger partial charge is 0.130 e. The van der Waals surface area contributed by atoms with Crippen LogP contribution in [0.2, 0.25) is 0 Å². The van der Waals surface area contributed by atoms with Gasteiger partial charge in [-0.15, -0.1) is 11.8 Å². The fourth-order valence-electron chi connectivity index (χ4n) is 2.08. The molecule has 1 aromatic carbocycles. The van der Waals surface area contributed by atoms with E-state index in [9.17, 15) is 4.79 Å². The third kappa shape index (κ3) is 1.71. The van der Waals surface area contributed by atoms with Gasteiger partial charge in [0.1, 0.15) is 5.78 Å².